The van der Waals surface area contributed by atoms with Gasteiger partial charge in [-0.2, -0.15) is 0 Å². The molecule has 0 amide bonds. The van der Waals surface area contributed by atoms with Gasteiger partial charge in [0.05, 0.1) is 0 Å². The van der Waals surface area contributed by atoms with Crippen LogP contribution in [-0.2, 0) is 6.42 Å². The van der Waals surface area contributed by atoms with Crippen molar-refractivity contribution in [2.75, 3.05) is 0 Å². The average Bonchev–Trinajstić information content (AvgIpc) is 2.14. The van der Waals surface area contributed by atoms with Gasteiger partial charge in [-0.25, -0.2) is 4.98 Å². The molecule has 0 bridgehead atoms. The van der Waals surface area contributed by atoms with Crippen molar-refractivity contribution in [2.24, 2.45) is 0 Å². The summed E-state index contributed by atoms with van der Waals surface area (Å²) in [4.78, 5) is 6.95. The number of hydrogen-bond donors (Lipinski definition) is 2. The molecule has 4 N–H and O–H groups in total. The number of H-pyrrole nitrogens is 1. The number of hydrogen-bond acceptors (Lipinski definition) is 2. The van der Waals surface area contributed by atoms with E-state index in [1.165, 1.54) is 0 Å². The Morgan fingerprint density at radius 1 is 1.75 bits per heavy atom. The second-order valence-corrected chi connectivity index (χ2v) is 1.39. The van der Waals surface area contributed by atoms with E-state index in [1.807, 2.05) is 6.20 Å². The lowest BCUT2D eigenvalue weighted by molar-refractivity contribution is 0.990. The molecule has 0 radical (unpaired) electrons. The van der Waals surface area contributed by atoms with Gasteiger partial charge in [0.1, 0.15) is 5.82 Å². The van der Waals surface area contributed by atoms with Crippen LogP contribution in [0.15, 0.2) is 12.4 Å². The molecule has 0 aliphatic heterocycles. The van der Waals surface area contributed by atoms with Gasteiger partial charge in [0, 0.05) is 18.8 Å². The van der Waals surface area contributed by atoms with E-state index in [9.17, 15) is 0 Å². The normalized spacial score (nSPS) is 8.12. The van der Waals surface area contributed by atoms with Crippen LogP contribution in [0.25, 0.3) is 0 Å². The fourth-order valence-corrected chi connectivity index (χ4v) is 0.491. The smallest absolute Gasteiger partial charge is 0.105 e. The molecule has 0 saturated heterocycles. The molecule has 3 heteroatoms. The Balaban J connectivity index is 0.000000490. The monoisotopic (exact) mass is 113 g/mol. The lowest BCUT2D eigenvalue weighted by Gasteiger charge is -1.79. The lowest BCUT2D eigenvalue weighted by atomic mass is 10.5. The Labute approximate surface area is 48.7 Å². The highest BCUT2D eigenvalue weighted by Crippen LogP contribution is 1.85. The third-order valence-electron chi connectivity index (χ3n) is 0.890. The maximum absolute atomic E-state index is 3.98. The standard InChI is InChI=1S/C5H8N2.H3N/c1-2-5-6-3-4-7-5;/h3-4H,2H2,1H3,(H,6,7);1H3. The summed E-state index contributed by atoms with van der Waals surface area (Å²) in [5.41, 5.74) is 0. The summed E-state index contributed by atoms with van der Waals surface area (Å²) in [6.07, 6.45) is 4.59. The van der Waals surface area contributed by atoms with Crippen molar-refractivity contribution < 1.29 is 0 Å². The number of rotatable bonds is 1. The predicted octanol–water partition coefficient (Wildman–Crippen LogP) is 1.13. The quantitative estimate of drug-likeness (QED) is 0.573. The van der Waals surface area contributed by atoms with E-state index < -0.39 is 0 Å². The minimum Gasteiger partial charge on any atom is -0.349 e. The van der Waals surface area contributed by atoms with Gasteiger partial charge >= 0.3 is 0 Å². The highest BCUT2D eigenvalue weighted by Gasteiger charge is 1.82. The van der Waals surface area contributed by atoms with Gasteiger partial charge in [0.25, 0.3) is 0 Å². The first-order valence-corrected chi connectivity index (χ1v) is 2.41. The minimum absolute atomic E-state index is 0. The zero-order valence-electron chi connectivity index (χ0n) is 5.02. The number of imidazole rings is 1. The van der Waals surface area contributed by atoms with E-state index >= 15 is 0 Å². The van der Waals surface area contributed by atoms with Crippen LogP contribution in [0, 0.1) is 0 Å². The molecular weight excluding hydrogens is 102 g/mol. The van der Waals surface area contributed by atoms with E-state index in [-0.39, 0.29) is 6.15 Å². The number of aromatic nitrogens is 2. The van der Waals surface area contributed by atoms with E-state index in [4.69, 9.17) is 0 Å². The minimum atomic E-state index is 0. The van der Waals surface area contributed by atoms with Gasteiger partial charge < -0.3 is 11.1 Å². The van der Waals surface area contributed by atoms with Gasteiger partial charge in [0.15, 0.2) is 0 Å². The molecule has 1 aromatic heterocycles. The molecule has 0 spiro atoms. The number of aryl methyl sites for hydroxylation is 1. The largest absolute Gasteiger partial charge is 0.349 e. The third-order valence-corrected chi connectivity index (χ3v) is 0.890. The van der Waals surface area contributed by atoms with Crippen LogP contribution >= 0.6 is 0 Å². The van der Waals surface area contributed by atoms with Crippen molar-refractivity contribution in [3.8, 4) is 0 Å². The first-order chi connectivity index (χ1) is 3.43. The fourth-order valence-electron chi connectivity index (χ4n) is 0.491. The van der Waals surface area contributed by atoms with Gasteiger partial charge in [-0.15, -0.1) is 0 Å². The van der Waals surface area contributed by atoms with Crippen molar-refractivity contribution in [3.63, 3.8) is 0 Å². The van der Waals surface area contributed by atoms with Crippen molar-refractivity contribution in [1.29, 1.82) is 0 Å². The zero-order chi connectivity index (χ0) is 5.11. The molecule has 1 heterocycles. The summed E-state index contributed by atoms with van der Waals surface area (Å²) < 4.78 is 0. The Bertz CT molecular complexity index is 122. The van der Waals surface area contributed by atoms with E-state index in [1.54, 1.807) is 6.20 Å². The van der Waals surface area contributed by atoms with Crippen molar-refractivity contribution >= 4 is 0 Å². The third kappa shape index (κ3) is 1.35. The highest BCUT2D eigenvalue weighted by molar-refractivity contribution is 4.84. The molecule has 3 nitrogen and oxygen atoms in total. The number of aromatic amines is 1. The van der Waals surface area contributed by atoms with Crippen LogP contribution in [0.1, 0.15) is 12.7 Å². The van der Waals surface area contributed by atoms with Crippen molar-refractivity contribution in [1.82, 2.24) is 16.1 Å². The molecule has 46 valence electrons. The molecule has 0 aliphatic carbocycles. The summed E-state index contributed by atoms with van der Waals surface area (Å²) in [6, 6.07) is 0. The first-order valence-electron chi connectivity index (χ1n) is 2.41. The van der Waals surface area contributed by atoms with Gasteiger partial charge in [-0.3, -0.25) is 0 Å². The van der Waals surface area contributed by atoms with Crippen molar-refractivity contribution in [3.05, 3.63) is 18.2 Å². The molecule has 0 unspecified atom stereocenters. The molecule has 8 heavy (non-hydrogen) atoms. The summed E-state index contributed by atoms with van der Waals surface area (Å²) in [5.74, 6) is 1.06. The first kappa shape index (κ1) is 7.17. The summed E-state index contributed by atoms with van der Waals surface area (Å²) in [7, 11) is 0. The van der Waals surface area contributed by atoms with Crippen LogP contribution in [-0.4, -0.2) is 9.97 Å². The predicted molar refractivity (Wildman–Crippen MR) is 33.0 cm³/mol. The highest BCUT2D eigenvalue weighted by atomic mass is 14.9. The summed E-state index contributed by atoms with van der Waals surface area (Å²) in [5, 5.41) is 0. The summed E-state index contributed by atoms with van der Waals surface area (Å²) >= 11 is 0. The Morgan fingerprint density at radius 3 is 2.75 bits per heavy atom. The average molecular weight is 113 g/mol. The maximum Gasteiger partial charge on any atom is 0.105 e. The second kappa shape index (κ2) is 3.21. The van der Waals surface area contributed by atoms with E-state index in [2.05, 4.69) is 16.9 Å². The Kier molecular flexibility index (Phi) is 2.88. The number of nitrogens with zero attached hydrogens (tertiary/aromatic N) is 1. The lowest BCUT2D eigenvalue weighted by Crippen LogP contribution is -1.78. The Hall–Kier alpha value is -0.830. The molecule has 1 rings (SSSR count). The fraction of sp³-hybridized carbons (Fsp3) is 0.400. The van der Waals surface area contributed by atoms with Crippen LogP contribution < -0.4 is 6.15 Å². The summed E-state index contributed by atoms with van der Waals surface area (Å²) in [6.45, 7) is 2.07. The molecule has 0 saturated carbocycles. The topological polar surface area (TPSA) is 63.7 Å². The van der Waals surface area contributed by atoms with Gasteiger partial charge in [-0.05, 0) is 0 Å². The molecule has 0 aliphatic rings. The molecule has 0 fully saturated rings. The van der Waals surface area contributed by atoms with Crippen LogP contribution in [0.4, 0.5) is 0 Å². The van der Waals surface area contributed by atoms with E-state index in [0.717, 1.165) is 12.2 Å². The van der Waals surface area contributed by atoms with Crippen molar-refractivity contribution in [2.45, 2.75) is 13.3 Å². The Morgan fingerprint density at radius 2 is 2.50 bits per heavy atom. The molecule has 0 aromatic carbocycles. The number of nitrogens with one attached hydrogen (secondary N) is 1. The SMILES string of the molecule is CCc1ncc[nH]1.N. The molecular formula is C5H11N3. The van der Waals surface area contributed by atoms with Crippen LogP contribution in [0.5, 0.6) is 0 Å². The van der Waals surface area contributed by atoms with Crippen LogP contribution in [0.2, 0.25) is 0 Å². The molecule has 1 aromatic rings. The second-order valence-electron chi connectivity index (χ2n) is 1.39. The zero-order valence-corrected chi connectivity index (χ0v) is 5.02. The van der Waals surface area contributed by atoms with E-state index in [0.29, 0.717) is 0 Å². The molecule has 0 atom stereocenters. The van der Waals surface area contributed by atoms with Gasteiger partial charge in [-0.1, -0.05) is 6.92 Å². The maximum atomic E-state index is 3.98. The van der Waals surface area contributed by atoms with Gasteiger partial charge in [0.2, 0.25) is 0 Å². The van der Waals surface area contributed by atoms with Crippen LogP contribution in [0.3, 0.4) is 0 Å².